The molecule has 0 aliphatic heterocycles. The van der Waals surface area contributed by atoms with Gasteiger partial charge >= 0.3 is 6.09 Å². The highest BCUT2D eigenvalue weighted by molar-refractivity contribution is 5.92. The van der Waals surface area contributed by atoms with E-state index in [4.69, 9.17) is 15.6 Å². The minimum Gasteiger partial charge on any atom is -0.465 e. The van der Waals surface area contributed by atoms with E-state index in [2.05, 4.69) is 10.3 Å². The molecule has 0 radical (unpaired) electrons. The summed E-state index contributed by atoms with van der Waals surface area (Å²) in [5.41, 5.74) is 7.37. The minimum absolute atomic E-state index is 0.315. The summed E-state index contributed by atoms with van der Waals surface area (Å²) in [7, 11) is 0. The van der Waals surface area contributed by atoms with Crippen molar-refractivity contribution in [3.63, 3.8) is 0 Å². The van der Waals surface area contributed by atoms with Crippen molar-refractivity contribution in [1.29, 1.82) is 0 Å². The molecule has 1 heterocycles. The van der Waals surface area contributed by atoms with Gasteiger partial charge < -0.3 is 20.9 Å². The number of nitrogens with two attached hydrogens (primary N) is 1. The Morgan fingerprint density at radius 2 is 2.09 bits per heavy atom. The lowest BCUT2D eigenvalue weighted by molar-refractivity contribution is 0.1000. The number of primary amides is 1. The number of aromatic nitrogens is 1. The topological polar surface area (TPSA) is 115 Å². The van der Waals surface area contributed by atoms with E-state index in [-0.39, 0.29) is 0 Å². The third-order valence-electron chi connectivity index (χ3n) is 3.16. The Kier molecular flexibility index (Phi) is 5.14. The molecule has 0 atom stereocenters. The van der Waals surface area contributed by atoms with Crippen molar-refractivity contribution in [2.24, 2.45) is 5.73 Å². The Morgan fingerprint density at radius 1 is 1.30 bits per heavy atom. The number of ether oxygens (including phenoxy) is 1. The van der Waals surface area contributed by atoms with Gasteiger partial charge in [-0.1, -0.05) is 12.1 Å². The molecule has 4 N–H and O–H groups in total. The molecule has 0 aliphatic carbocycles. The second-order valence-electron chi connectivity index (χ2n) is 4.93. The summed E-state index contributed by atoms with van der Waals surface area (Å²) in [5, 5.41) is 10.9. The van der Waals surface area contributed by atoms with Crippen molar-refractivity contribution in [3.05, 3.63) is 53.2 Å². The molecule has 0 aliphatic rings. The van der Waals surface area contributed by atoms with Crippen molar-refractivity contribution in [2.75, 3.05) is 6.54 Å². The van der Waals surface area contributed by atoms with Crippen LogP contribution in [-0.2, 0) is 6.42 Å². The van der Waals surface area contributed by atoms with Crippen molar-refractivity contribution < 1.29 is 19.4 Å². The standard InChI is InChI=1S/C16H17N3O4/c1-10-8-11(6-7-18-16(21)22)2-4-13(10)23-14-5-3-12(9-19-14)15(17)20/h2-5,8-9,18H,6-7H2,1H3,(H2,17,20)(H,21,22). The summed E-state index contributed by atoms with van der Waals surface area (Å²) in [6.45, 7) is 2.24. The number of amides is 2. The number of rotatable bonds is 6. The van der Waals surface area contributed by atoms with Gasteiger partial charge in [-0.25, -0.2) is 9.78 Å². The van der Waals surface area contributed by atoms with Gasteiger partial charge in [0.15, 0.2) is 0 Å². The van der Waals surface area contributed by atoms with Gasteiger partial charge in [-0.15, -0.1) is 0 Å². The number of pyridine rings is 1. The minimum atomic E-state index is -1.04. The number of carbonyl (C=O) groups excluding carboxylic acids is 1. The Morgan fingerprint density at radius 3 is 2.65 bits per heavy atom. The summed E-state index contributed by atoms with van der Waals surface area (Å²) < 4.78 is 5.67. The van der Waals surface area contributed by atoms with E-state index >= 15 is 0 Å². The highest BCUT2D eigenvalue weighted by Crippen LogP contribution is 2.24. The molecular weight excluding hydrogens is 298 g/mol. The smallest absolute Gasteiger partial charge is 0.404 e. The Labute approximate surface area is 133 Å². The van der Waals surface area contributed by atoms with E-state index in [1.807, 2.05) is 19.1 Å². The van der Waals surface area contributed by atoms with Gasteiger partial charge in [0.2, 0.25) is 11.8 Å². The highest BCUT2D eigenvalue weighted by Gasteiger charge is 2.06. The van der Waals surface area contributed by atoms with Gasteiger partial charge in [0.25, 0.3) is 0 Å². The van der Waals surface area contributed by atoms with E-state index in [0.29, 0.717) is 30.2 Å². The van der Waals surface area contributed by atoms with Crippen molar-refractivity contribution >= 4 is 12.0 Å². The van der Waals surface area contributed by atoms with Gasteiger partial charge in [-0.3, -0.25) is 4.79 Å². The molecule has 0 saturated heterocycles. The number of aryl methyl sites for hydroxylation is 1. The first-order valence-corrected chi connectivity index (χ1v) is 6.96. The van der Waals surface area contributed by atoms with Gasteiger partial charge in [0.1, 0.15) is 5.75 Å². The molecule has 2 amide bonds. The summed E-state index contributed by atoms with van der Waals surface area (Å²) in [5.74, 6) is 0.456. The zero-order valence-corrected chi connectivity index (χ0v) is 12.6. The molecule has 7 nitrogen and oxygen atoms in total. The summed E-state index contributed by atoms with van der Waals surface area (Å²) >= 11 is 0. The van der Waals surface area contributed by atoms with Crippen LogP contribution >= 0.6 is 0 Å². The molecule has 0 spiro atoms. The fourth-order valence-electron chi connectivity index (χ4n) is 1.99. The molecule has 0 unspecified atom stereocenters. The van der Waals surface area contributed by atoms with E-state index in [9.17, 15) is 9.59 Å². The van der Waals surface area contributed by atoms with E-state index in [1.165, 1.54) is 6.20 Å². The van der Waals surface area contributed by atoms with Crippen molar-refractivity contribution in [1.82, 2.24) is 10.3 Å². The monoisotopic (exact) mass is 315 g/mol. The molecular formula is C16H17N3O4. The maximum Gasteiger partial charge on any atom is 0.404 e. The van der Waals surface area contributed by atoms with Crippen LogP contribution in [0.2, 0.25) is 0 Å². The van der Waals surface area contributed by atoms with Crippen LogP contribution in [0.5, 0.6) is 11.6 Å². The average molecular weight is 315 g/mol. The Hall–Kier alpha value is -3.09. The lowest BCUT2D eigenvalue weighted by Crippen LogP contribution is -2.23. The second-order valence-corrected chi connectivity index (χ2v) is 4.93. The molecule has 23 heavy (non-hydrogen) atoms. The van der Waals surface area contributed by atoms with Crippen LogP contribution in [0, 0.1) is 6.92 Å². The summed E-state index contributed by atoms with van der Waals surface area (Å²) in [4.78, 5) is 25.4. The predicted molar refractivity (Wildman–Crippen MR) is 83.7 cm³/mol. The molecule has 1 aromatic heterocycles. The first-order valence-electron chi connectivity index (χ1n) is 6.96. The number of hydrogen-bond donors (Lipinski definition) is 3. The van der Waals surface area contributed by atoms with Crippen LogP contribution in [0.3, 0.4) is 0 Å². The number of carboxylic acid groups (broad SMARTS) is 1. The lowest BCUT2D eigenvalue weighted by atomic mass is 10.1. The Balaban J connectivity index is 2.03. The maximum atomic E-state index is 11.0. The predicted octanol–water partition coefficient (Wildman–Crippen LogP) is 2.09. The number of carbonyl (C=O) groups is 2. The normalized spacial score (nSPS) is 10.1. The molecule has 0 fully saturated rings. The second kappa shape index (κ2) is 7.26. The largest absolute Gasteiger partial charge is 0.465 e. The van der Waals surface area contributed by atoms with Crippen molar-refractivity contribution in [2.45, 2.75) is 13.3 Å². The molecule has 120 valence electrons. The van der Waals surface area contributed by atoms with E-state index < -0.39 is 12.0 Å². The van der Waals surface area contributed by atoms with Crippen LogP contribution in [0.25, 0.3) is 0 Å². The zero-order valence-electron chi connectivity index (χ0n) is 12.6. The highest BCUT2D eigenvalue weighted by atomic mass is 16.5. The van der Waals surface area contributed by atoms with E-state index in [1.54, 1.807) is 18.2 Å². The summed E-state index contributed by atoms with van der Waals surface area (Å²) in [6.07, 6.45) is 0.921. The van der Waals surface area contributed by atoms with Gasteiger partial charge in [0, 0.05) is 18.8 Å². The SMILES string of the molecule is Cc1cc(CCNC(=O)O)ccc1Oc1ccc(C(N)=O)cn1. The fourth-order valence-corrected chi connectivity index (χ4v) is 1.99. The summed E-state index contributed by atoms with van der Waals surface area (Å²) in [6, 6.07) is 8.71. The van der Waals surface area contributed by atoms with Gasteiger partial charge in [-0.05, 0) is 36.6 Å². The first-order chi connectivity index (χ1) is 11.0. The number of benzene rings is 1. The van der Waals surface area contributed by atoms with Crippen LogP contribution in [-0.4, -0.2) is 28.6 Å². The molecule has 0 saturated carbocycles. The quantitative estimate of drug-likeness (QED) is 0.755. The lowest BCUT2D eigenvalue weighted by Gasteiger charge is -2.10. The van der Waals surface area contributed by atoms with Gasteiger partial charge in [0.05, 0.1) is 5.56 Å². The van der Waals surface area contributed by atoms with E-state index in [0.717, 1.165) is 11.1 Å². The molecule has 7 heteroatoms. The van der Waals surface area contributed by atoms with Crippen LogP contribution in [0.4, 0.5) is 4.79 Å². The van der Waals surface area contributed by atoms with Crippen LogP contribution in [0.1, 0.15) is 21.5 Å². The Bertz CT molecular complexity index is 714. The fraction of sp³-hybridized carbons (Fsp3) is 0.188. The van der Waals surface area contributed by atoms with Crippen molar-refractivity contribution in [3.8, 4) is 11.6 Å². The first kappa shape index (κ1) is 16.3. The van der Waals surface area contributed by atoms with Gasteiger partial charge in [-0.2, -0.15) is 0 Å². The molecule has 1 aromatic carbocycles. The van der Waals surface area contributed by atoms with Crippen LogP contribution < -0.4 is 15.8 Å². The number of hydrogen-bond acceptors (Lipinski definition) is 4. The molecule has 0 bridgehead atoms. The maximum absolute atomic E-state index is 11.0. The molecule has 2 rings (SSSR count). The average Bonchev–Trinajstić information content (AvgIpc) is 2.50. The third kappa shape index (κ3) is 4.70. The zero-order chi connectivity index (χ0) is 16.8. The molecule has 2 aromatic rings. The van der Waals surface area contributed by atoms with Crippen LogP contribution in [0.15, 0.2) is 36.5 Å². The number of nitrogens with one attached hydrogen (secondary N) is 1. The third-order valence-corrected chi connectivity index (χ3v) is 3.16. The number of nitrogens with zero attached hydrogens (tertiary/aromatic N) is 1.